The lowest BCUT2D eigenvalue weighted by atomic mass is 10.1. The van der Waals surface area contributed by atoms with Gasteiger partial charge in [-0.25, -0.2) is 4.39 Å². The number of halogens is 1. The van der Waals surface area contributed by atoms with Gasteiger partial charge in [-0.2, -0.15) is 0 Å². The molecule has 1 unspecified atom stereocenters. The number of hydrogen-bond acceptors (Lipinski definition) is 4. The Morgan fingerprint density at radius 1 is 1.38 bits per heavy atom. The number of likely N-dealkylation sites (tertiary alicyclic amines) is 1. The monoisotopic (exact) mass is 365 g/mol. The molecule has 0 bridgehead atoms. The number of carbonyl (C=O) groups is 1. The molecule has 8 heteroatoms. The molecule has 0 aliphatic carbocycles. The third-order valence-corrected chi connectivity index (χ3v) is 4.51. The molecule has 1 aliphatic rings. The molecule has 0 radical (unpaired) electrons. The van der Waals surface area contributed by atoms with Gasteiger partial charge in [-0.15, -0.1) is 0 Å². The number of nitrogens with two attached hydrogens (primary N) is 1. The number of nitrogens with one attached hydrogen (secondary N) is 2. The number of benzene rings is 1. The number of primary amides is 1. The molecule has 1 heterocycles. The normalized spacial score (nSPS) is 17.7. The van der Waals surface area contributed by atoms with Crippen LogP contribution in [0.1, 0.15) is 24.5 Å². The van der Waals surface area contributed by atoms with Crippen LogP contribution in [0.2, 0.25) is 0 Å². The summed E-state index contributed by atoms with van der Waals surface area (Å²) < 4.78 is 18.6. The fourth-order valence-electron chi connectivity index (χ4n) is 3.05. The van der Waals surface area contributed by atoms with Crippen LogP contribution in [-0.2, 0) is 9.53 Å². The molecular formula is C18H28FN5O2. The van der Waals surface area contributed by atoms with Crippen molar-refractivity contribution in [2.75, 3.05) is 40.3 Å². The number of amides is 1. The Hall–Kier alpha value is -2.19. The highest BCUT2D eigenvalue weighted by Crippen LogP contribution is 2.16. The van der Waals surface area contributed by atoms with Gasteiger partial charge in [0.05, 0.1) is 12.6 Å². The summed E-state index contributed by atoms with van der Waals surface area (Å²) in [6.07, 6.45) is 1.63. The van der Waals surface area contributed by atoms with Crippen molar-refractivity contribution in [3.05, 3.63) is 35.6 Å². The smallest absolute Gasteiger partial charge is 0.231 e. The number of carbonyl (C=O) groups excluding carboxylic acids is 1. The van der Waals surface area contributed by atoms with E-state index in [1.165, 1.54) is 12.1 Å². The zero-order valence-corrected chi connectivity index (χ0v) is 15.4. The largest absolute Gasteiger partial charge is 0.375 e. The number of ether oxygens (including phenoxy) is 1. The third kappa shape index (κ3) is 6.27. The predicted molar refractivity (Wildman–Crippen MR) is 99.3 cm³/mol. The van der Waals surface area contributed by atoms with Crippen molar-refractivity contribution in [2.24, 2.45) is 10.7 Å². The Kier molecular flexibility index (Phi) is 7.80. The molecule has 4 N–H and O–H groups in total. The molecule has 0 saturated carbocycles. The topological polar surface area (TPSA) is 92.0 Å². The lowest BCUT2D eigenvalue weighted by molar-refractivity contribution is -0.119. The van der Waals surface area contributed by atoms with Crippen molar-refractivity contribution in [2.45, 2.75) is 25.0 Å². The van der Waals surface area contributed by atoms with Crippen LogP contribution >= 0.6 is 0 Å². The summed E-state index contributed by atoms with van der Waals surface area (Å²) in [7, 11) is 3.34. The summed E-state index contributed by atoms with van der Waals surface area (Å²) in [4.78, 5) is 17.3. The van der Waals surface area contributed by atoms with Crippen molar-refractivity contribution < 1.29 is 13.9 Å². The second-order valence-electron chi connectivity index (χ2n) is 6.39. The van der Waals surface area contributed by atoms with E-state index in [9.17, 15) is 9.18 Å². The van der Waals surface area contributed by atoms with E-state index in [-0.39, 0.29) is 23.9 Å². The summed E-state index contributed by atoms with van der Waals surface area (Å²) in [5, 5.41) is 6.66. The minimum atomic E-state index is -0.291. The highest BCUT2D eigenvalue weighted by atomic mass is 19.1. The van der Waals surface area contributed by atoms with Crippen LogP contribution in [0, 0.1) is 5.82 Å². The summed E-state index contributed by atoms with van der Waals surface area (Å²) in [5.41, 5.74) is 6.14. The van der Waals surface area contributed by atoms with Crippen LogP contribution in [0.4, 0.5) is 4.39 Å². The van der Waals surface area contributed by atoms with Gasteiger partial charge >= 0.3 is 0 Å². The van der Waals surface area contributed by atoms with Gasteiger partial charge < -0.3 is 21.1 Å². The number of rotatable bonds is 7. The van der Waals surface area contributed by atoms with Crippen LogP contribution in [0.5, 0.6) is 0 Å². The molecule has 2 rings (SSSR count). The van der Waals surface area contributed by atoms with Gasteiger partial charge in [0.25, 0.3) is 0 Å². The molecule has 1 amide bonds. The van der Waals surface area contributed by atoms with Crippen molar-refractivity contribution in [1.82, 2.24) is 15.5 Å². The van der Waals surface area contributed by atoms with E-state index in [0.717, 1.165) is 31.5 Å². The van der Waals surface area contributed by atoms with Crippen molar-refractivity contribution in [3.63, 3.8) is 0 Å². The number of piperidine rings is 1. The van der Waals surface area contributed by atoms with Gasteiger partial charge in [0.15, 0.2) is 5.96 Å². The number of aliphatic imine (C=N–C) groups is 1. The Bertz CT molecular complexity index is 600. The summed E-state index contributed by atoms with van der Waals surface area (Å²) in [6, 6.07) is 6.57. The van der Waals surface area contributed by atoms with E-state index >= 15 is 0 Å². The number of hydrogen-bond donors (Lipinski definition) is 3. The van der Waals surface area contributed by atoms with E-state index in [1.54, 1.807) is 26.3 Å². The number of methoxy groups -OCH3 is 1. The van der Waals surface area contributed by atoms with Crippen LogP contribution in [-0.4, -0.2) is 63.1 Å². The lowest BCUT2D eigenvalue weighted by Crippen LogP contribution is -2.50. The standard InChI is InChI=1S/C18H28FN5O2/c1-21-18(23-15-7-9-24(10-8-15)12-17(20)25)22-11-16(26-2)13-3-5-14(19)6-4-13/h3-6,15-16H,7-12H2,1-2H3,(H2,20,25)(H2,21,22,23). The van der Waals surface area contributed by atoms with E-state index in [2.05, 4.69) is 20.5 Å². The van der Waals surface area contributed by atoms with Crippen LogP contribution in [0.15, 0.2) is 29.3 Å². The molecule has 1 fully saturated rings. The lowest BCUT2D eigenvalue weighted by Gasteiger charge is -2.32. The van der Waals surface area contributed by atoms with Gasteiger partial charge in [-0.3, -0.25) is 14.7 Å². The fourth-order valence-corrected chi connectivity index (χ4v) is 3.05. The minimum absolute atomic E-state index is 0.202. The first-order valence-corrected chi connectivity index (χ1v) is 8.78. The number of nitrogens with zero attached hydrogens (tertiary/aromatic N) is 2. The van der Waals surface area contributed by atoms with E-state index in [1.807, 2.05) is 0 Å². The first-order valence-electron chi connectivity index (χ1n) is 8.78. The molecule has 1 aromatic carbocycles. The van der Waals surface area contributed by atoms with E-state index < -0.39 is 0 Å². The summed E-state index contributed by atoms with van der Waals surface area (Å²) in [5.74, 6) is 0.138. The molecule has 1 aliphatic heterocycles. The highest BCUT2D eigenvalue weighted by molar-refractivity contribution is 5.80. The first kappa shape index (κ1) is 20.1. The molecule has 7 nitrogen and oxygen atoms in total. The molecular weight excluding hydrogens is 337 g/mol. The van der Waals surface area contributed by atoms with Crippen molar-refractivity contribution in [1.29, 1.82) is 0 Å². The molecule has 1 aromatic rings. The Labute approximate surface area is 153 Å². The summed E-state index contributed by atoms with van der Waals surface area (Å²) >= 11 is 0. The highest BCUT2D eigenvalue weighted by Gasteiger charge is 2.21. The maximum Gasteiger partial charge on any atom is 0.231 e. The molecule has 0 aromatic heterocycles. The van der Waals surface area contributed by atoms with Crippen LogP contribution in [0.3, 0.4) is 0 Å². The molecule has 0 spiro atoms. The minimum Gasteiger partial charge on any atom is -0.375 e. The molecule has 26 heavy (non-hydrogen) atoms. The van der Waals surface area contributed by atoms with Crippen LogP contribution in [0.25, 0.3) is 0 Å². The van der Waals surface area contributed by atoms with Gasteiger partial charge in [0.1, 0.15) is 5.82 Å². The Balaban J connectivity index is 1.80. The fraction of sp³-hybridized carbons (Fsp3) is 0.556. The van der Waals surface area contributed by atoms with Gasteiger partial charge in [0.2, 0.25) is 5.91 Å². The first-order chi connectivity index (χ1) is 12.5. The van der Waals surface area contributed by atoms with Gasteiger partial charge in [0, 0.05) is 39.8 Å². The quantitative estimate of drug-likeness (QED) is 0.487. The average molecular weight is 365 g/mol. The maximum absolute atomic E-state index is 13.1. The predicted octanol–water partition coefficient (Wildman–Crippen LogP) is 0.628. The maximum atomic E-state index is 13.1. The van der Waals surface area contributed by atoms with E-state index in [0.29, 0.717) is 19.0 Å². The van der Waals surface area contributed by atoms with Gasteiger partial charge in [-0.1, -0.05) is 12.1 Å². The molecule has 1 saturated heterocycles. The average Bonchev–Trinajstić information content (AvgIpc) is 2.63. The molecule has 144 valence electrons. The Morgan fingerprint density at radius 2 is 2.04 bits per heavy atom. The number of guanidine groups is 1. The third-order valence-electron chi connectivity index (χ3n) is 4.51. The summed E-state index contributed by atoms with van der Waals surface area (Å²) in [6.45, 7) is 2.48. The van der Waals surface area contributed by atoms with E-state index in [4.69, 9.17) is 10.5 Å². The zero-order chi connectivity index (χ0) is 18.9. The van der Waals surface area contributed by atoms with Crippen LogP contribution < -0.4 is 16.4 Å². The SMILES string of the molecule is CN=C(NCC(OC)c1ccc(F)cc1)NC1CCN(CC(N)=O)CC1. The molecule has 1 atom stereocenters. The zero-order valence-electron chi connectivity index (χ0n) is 15.4. The second-order valence-corrected chi connectivity index (χ2v) is 6.39. The Morgan fingerprint density at radius 3 is 2.58 bits per heavy atom. The second kappa shape index (κ2) is 10.1. The van der Waals surface area contributed by atoms with Gasteiger partial charge in [-0.05, 0) is 30.5 Å². The van der Waals surface area contributed by atoms with Crippen molar-refractivity contribution in [3.8, 4) is 0 Å². The van der Waals surface area contributed by atoms with Crippen molar-refractivity contribution >= 4 is 11.9 Å².